The first-order valence-electron chi connectivity index (χ1n) is 7.35. The highest BCUT2D eigenvalue weighted by Crippen LogP contribution is 2.19. The van der Waals surface area contributed by atoms with Crippen LogP contribution in [-0.4, -0.2) is 14.5 Å². The standard InChI is InChI=1S/C17H19N3S/c1-3-4-5-13-6-8-14(9-7-13)20-16-15(19-17(20)21)10-12(2)11-18-16/h6-11H,3-5H2,1-2H3,(H,19,21). The smallest absolute Gasteiger partial charge is 0.183 e. The van der Waals surface area contributed by atoms with Crippen molar-refractivity contribution in [2.75, 3.05) is 0 Å². The van der Waals surface area contributed by atoms with Gasteiger partial charge in [0.25, 0.3) is 0 Å². The summed E-state index contributed by atoms with van der Waals surface area (Å²) in [5.74, 6) is 0. The Hall–Kier alpha value is -1.94. The van der Waals surface area contributed by atoms with Gasteiger partial charge in [-0.3, -0.25) is 4.57 Å². The second kappa shape index (κ2) is 5.82. The minimum atomic E-state index is 0.685. The number of benzene rings is 1. The Morgan fingerprint density at radius 2 is 2.00 bits per heavy atom. The largest absolute Gasteiger partial charge is 0.329 e. The van der Waals surface area contributed by atoms with E-state index in [1.54, 1.807) is 0 Å². The summed E-state index contributed by atoms with van der Waals surface area (Å²) in [6.07, 6.45) is 5.45. The third kappa shape index (κ3) is 2.76. The van der Waals surface area contributed by atoms with Crippen LogP contribution in [-0.2, 0) is 6.42 Å². The van der Waals surface area contributed by atoms with Crippen LogP contribution in [0.4, 0.5) is 0 Å². The normalized spacial score (nSPS) is 11.1. The minimum absolute atomic E-state index is 0.685. The highest BCUT2D eigenvalue weighted by molar-refractivity contribution is 7.71. The molecule has 1 aromatic carbocycles. The fourth-order valence-corrected chi connectivity index (χ4v) is 2.83. The molecule has 0 atom stereocenters. The summed E-state index contributed by atoms with van der Waals surface area (Å²) in [4.78, 5) is 7.75. The molecule has 0 unspecified atom stereocenters. The van der Waals surface area contributed by atoms with Gasteiger partial charge in [0.05, 0.1) is 5.52 Å². The van der Waals surface area contributed by atoms with E-state index in [9.17, 15) is 0 Å². The SMILES string of the molecule is CCCCc1ccc(-n2c(=S)[nH]c3cc(C)cnc32)cc1. The van der Waals surface area contributed by atoms with Gasteiger partial charge in [0.2, 0.25) is 0 Å². The van der Waals surface area contributed by atoms with Crippen LogP contribution in [0.15, 0.2) is 36.5 Å². The lowest BCUT2D eigenvalue weighted by atomic mass is 10.1. The molecule has 2 heterocycles. The van der Waals surface area contributed by atoms with Crippen LogP contribution in [0.5, 0.6) is 0 Å². The van der Waals surface area contributed by atoms with Crippen molar-refractivity contribution < 1.29 is 0 Å². The Morgan fingerprint density at radius 3 is 2.71 bits per heavy atom. The summed E-state index contributed by atoms with van der Waals surface area (Å²) < 4.78 is 2.68. The summed E-state index contributed by atoms with van der Waals surface area (Å²) in [5, 5.41) is 0. The van der Waals surface area contributed by atoms with E-state index in [-0.39, 0.29) is 0 Å². The average molecular weight is 297 g/mol. The van der Waals surface area contributed by atoms with Crippen molar-refractivity contribution in [1.82, 2.24) is 14.5 Å². The average Bonchev–Trinajstić information content (AvgIpc) is 2.80. The molecule has 0 aliphatic carbocycles. The van der Waals surface area contributed by atoms with Gasteiger partial charge >= 0.3 is 0 Å². The number of unbranched alkanes of at least 4 members (excludes halogenated alkanes) is 1. The maximum absolute atomic E-state index is 5.45. The van der Waals surface area contributed by atoms with Crippen LogP contribution in [0.1, 0.15) is 30.9 Å². The zero-order chi connectivity index (χ0) is 14.8. The van der Waals surface area contributed by atoms with E-state index in [0.29, 0.717) is 4.77 Å². The fraction of sp³-hybridized carbons (Fsp3) is 0.294. The Balaban J connectivity index is 2.04. The molecule has 3 rings (SSSR count). The van der Waals surface area contributed by atoms with Crippen molar-refractivity contribution in [3.63, 3.8) is 0 Å². The van der Waals surface area contributed by atoms with Crippen molar-refractivity contribution in [2.45, 2.75) is 33.1 Å². The molecule has 3 aromatic rings. The predicted molar refractivity (Wildman–Crippen MR) is 89.6 cm³/mol. The molecule has 0 amide bonds. The molecule has 108 valence electrons. The zero-order valence-electron chi connectivity index (χ0n) is 12.4. The third-order valence-corrected chi connectivity index (χ3v) is 3.96. The summed E-state index contributed by atoms with van der Waals surface area (Å²) >= 11 is 5.45. The molecule has 2 aromatic heterocycles. The topological polar surface area (TPSA) is 33.6 Å². The monoisotopic (exact) mass is 297 g/mol. The number of rotatable bonds is 4. The van der Waals surface area contributed by atoms with Gasteiger partial charge in [0.1, 0.15) is 0 Å². The molecule has 21 heavy (non-hydrogen) atoms. The van der Waals surface area contributed by atoms with Gasteiger partial charge in [-0.25, -0.2) is 4.98 Å². The molecule has 0 aliphatic rings. The second-order valence-electron chi connectivity index (χ2n) is 5.42. The van der Waals surface area contributed by atoms with E-state index in [4.69, 9.17) is 12.2 Å². The quantitative estimate of drug-likeness (QED) is 0.706. The van der Waals surface area contributed by atoms with Gasteiger partial charge in [0, 0.05) is 11.9 Å². The summed E-state index contributed by atoms with van der Waals surface area (Å²) in [7, 11) is 0. The van der Waals surface area contributed by atoms with Crippen LogP contribution in [0, 0.1) is 11.7 Å². The van der Waals surface area contributed by atoms with Gasteiger partial charge in [-0.2, -0.15) is 0 Å². The van der Waals surface area contributed by atoms with E-state index in [0.717, 1.165) is 28.8 Å². The molecule has 0 saturated heterocycles. The number of aryl methyl sites for hydroxylation is 2. The van der Waals surface area contributed by atoms with Crippen LogP contribution in [0.25, 0.3) is 16.9 Å². The highest BCUT2D eigenvalue weighted by Gasteiger charge is 2.08. The lowest BCUT2D eigenvalue weighted by Crippen LogP contribution is -1.96. The van der Waals surface area contributed by atoms with E-state index in [2.05, 4.69) is 47.2 Å². The van der Waals surface area contributed by atoms with E-state index < -0.39 is 0 Å². The van der Waals surface area contributed by atoms with Crippen LogP contribution in [0.3, 0.4) is 0 Å². The number of aromatic amines is 1. The number of aromatic nitrogens is 3. The van der Waals surface area contributed by atoms with Crippen LogP contribution >= 0.6 is 12.2 Å². The summed E-state index contributed by atoms with van der Waals surface area (Å²) in [6.45, 7) is 4.25. The second-order valence-corrected chi connectivity index (χ2v) is 5.81. The number of pyridine rings is 1. The number of nitrogens with one attached hydrogen (secondary N) is 1. The number of hydrogen-bond acceptors (Lipinski definition) is 2. The van der Waals surface area contributed by atoms with Crippen LogP contribution < -0.4 is 0 Å². The molecule has 0 radical (unpaired) electrons. The maximum Gasteiger partial charge on any atom is 0.183 e. The Morgan fingerprint density at radius 1 is 1.24 bits per heavy atom. The fourth-order valence-electron chi connectivity index (χ4n) is 2.53. The number of H-pyrrole nitrogens is 1. The minimum Gasteiger partial charge on any atom is -0.329 e. The first kappa shape index (κ1) is 14.0. The highest BCUT2D eigenvalue weighted by atomic mass is 32.1. The van der Waals surface area contributed by atoms with Crippen molar-refractivity contribution in [1.29, 1.82) is 0 Å². The van der Waals surface area contributed by atoms with Gasteiger partial charge < -0.3 is 4.98 Å². The number of fused-ring (bicyclic) bond motifs is 1. The Bertz CT molecular complexity index is 812. The summed E-state index contributed by atoms with van der Waals surface area (Å²) in [5.41, 5.74) is 5.42. The van der Waals surface area contributed by atoms with Gasteiger partial charge in [-0.15, -0.1) is 0 Å². The van der Waals surface area contributed by atoms with Crippen LogP contribution in [0.2, 0.25) is 0 Å². The van der Waals surface area contributed by atoms with Crippen molar-refractivity contribution in [2.24, 2.45) is 0 Å². The molecule has 0 bridgehead atoms. The van der Waals surface area contributed by atoms with E-state index in [1.165, 1.54) is 18.4 Å². The molecule has 0 aliphatic heterocycles. The first-order valence-corrected chi connectivity index (χ1v) is 7.76. The maximum atomic E-state index is 5.45. The molecule has 4 heteroatoms. The van der Waals surface area contributed by atoms with Gasteiger partial charge in [-0.05, 0) is 61.3 Å². The Kier molecular flexibility index (Phi) is 3.88. The number of nitrogens with zero attached hydrogens (tertiary/aromatic N) is 2. The summed E-state index contributed by atoms with van der Waals surface area (Å²) in [6, 6.07) is 10.7. The lowest BCUT2D eigenvalue weighted by molar-refractivity contribution is 0.795. The molecular weight excluding hydrogens is 278 g/mol. The van der Waals surface area contributed by atoms with Crippen molar-refractivity contribution in [3.8, 4) is 5.69 Å². The molecular formula is C17H19N3S. The van der Waals surface area contributed by atoms with Crippen molar-refractivity contribution in [3.05, 3.63) is 52.4 Å². The van der Waals surface area contributed by atoms with Crippen molar-refractivity contribution >= 4 is 23.4 Å². The molecule has 3 nitrogen and oxygen atoms in total. The third-order valence-electron chi connectivity index (χ3n) is 3.67. The van der Waals surface area contributed by atoms with Gasteiger partial charge in [-0.1, -0.05) is 25.5 Å². The Labute approximate surface area is 129 Å². The molecule has 1 N–H and O–H groups in total. The van der Waals surface area contributed by atoms with Gasteiger partial charge in [0.15, 0.2) is 10.4 Å². The van der Waals surface area contributed by atoms with E-state index >= 15 is 0 Å². The zero-order valence-corrected chi connectivity index (χ0v) is 13.2. The molecule has 0 spiro atoms. The number of hydrogen-bond donors (Lipinski definition) is 1. The predicted octanol–water partition coefficient (Wildman–Crippen LogP) is 4.73. The number of imidazole rings is 1. The lowest BCUT2D eigenvalue weighted by Gasteiger charge is -2.06. The first-order chi connectivity index (χ1) is 10.2. The molecule has 0 saturated carbocycles. The molecule has 0 fully saturated rings. The van der Waals surface area contributed by atoms with E-state index in [1.807, 2.05) is 17.7 Å².